The second-order valence-corrected chi connectivity index (χ2v) is 6.40. The molecule has 4 heteroatoms. The van der Waals surface area contributed by atoms with E-state index in [1.807, 2.05) is 24.3 Å². The molecule has 0 aromatic heterocycles. The molecule has 1 nitrogen and oxygen atoms in total. The van der Waals surface area contributed by atoms with Gasteiger partial charge < -0.3 is 4.74 Å². The van der Waals surface area contributed by atoms with E-state index in [0.717, 1.165) is 11.3 Å². The molecule has 0 aliphatic heterocycles. The average Bonchev–Trinajstić information content (AvgIpc) is 2.38. The highest BCUT2D eigenvalue weighted by atomic mass is 127. The molecule has 2 aromatic carbocycles. The molecule has 2 aromatic rings. The Hall–Kier alpha value is -0.260. The third kappa shape index (κ3) is 3.19. The Labute approximate surface area is 134 Å². The zero-order chi connectivity index (χ0) is 13.1. The lowest BCUT2D eigenvalue weighted by molar-refractivity contribution is 0.410. The Morgan fingerprint density at radius 2 is 2.00 bits per heavy atom. The van der Waals surface area contributed by atoms with Crippen molar-refractivity contribution in [1.82, 2.24) is 0 Å². The molecule has 18 heavy (non-hydrogen) atoms. The fourth-order valence-corrected chi connectivity index (χ4v) is 3.14. The van der Waals surface area contributed by atoms with Gasteiger partial charge >= 0.3 is 0 Å². The van der Waals surface area contributed by atoms with Gasteiger partial charge in [0.15, 0.2) is 0 Å². The second-order valence-electron chi connectivity index (χ2n) is 3.80. The number of rotatable bonds is 3. The molecule has 0 spiro atoms. The van der Waals surface area contributed by atoms with Crippen molar-refractivity contribution < 1.29 is 4.74 Å². The van der Waals surface area contributed by atoms with Gasteiger partial charge in [0.25, 0.3) is 0 Å². The topological polar surface area (TPSA) is 9.23 Å². The van der Waals surface area contributed by atoms with Crippen LogP contribution in [0.5, 0.6) is 5.75 Å². The quantitative estimate of drug-likeness (QED) is 0.459. The van der Waals surface area contributed by atoms with E-state index in [1.165, 1.54) is 9.13 Å². The SMILES string of the molecule is COc1ccc(Cl)cc1C(Br)c1cccc(I)c1. The number of benzene rings is 2. The van der Waals surface area contributed by atoms with E-state index in [-0.39, 0.29) is 4.83 Å². The number of alkyl halides is 1. The van der Waals surface area contributed by atoms with Crippen LogP contribution in [-0.4, -0.2) is 7.11 Å². The fraction of sp³-hybridized carbons (Fsp3) is 0.143. The first-order chi connectivity index (χ1) is 8.61. The monoisotopic (exact) mass is 436 g/mol. The van der Waals surface area contributed by atoms with E-state index in [0.29, 0.717) is 5.02 Å². The van der Waals surface area contributed by atoms with Crippen LogP contribution in [0.2, 0.25) is 5.02 Å². The van der Waals surface area contributed by atoms with Crippen LogP contribution in [0, 0.1) is 3.57 Å². The standard InChI is InChI=1S/C14H11BrClIO/c1-18-13-6-5-10(16)8-12(13)14(15)9-3-2-4-11(17)7-9/h2-8,14H,1H3. The maximum atomic E-state index is 6.06. The van der Waals surface area contributed by atoms with Crippen molar-refractivity contribution in [2.75, 3.05) is 7.11 Å². The lowest BCUT2D eigenvalue weighted by Gasteiger charge is -2.15. The molecule has 0 aliphatic rings. The highest BCUT2D eigenvalue weighted by Crippen LogP contribution is 2.38. The van der Waals surface area contributed by atoms with Crippen molar-refractivity contribution in [3.8, 4) is 5.75 Å². The van der Waals surface area contributed by atoms with Gasteiger partial charge in [0.05, 0.1) is 11.9 Å². The first kappa shape index (κ1) is 14.2. The second kappa shape index (κ2) is 6.26. The molecule has 0 saturated carbocycles. The van der Waals surface area contributed by atoms with Crippen LogP contribution in [-0.2, 0) is 0 Å². The van der Waals surface area contributed by atoms with Crippen LogP contribution in [0.25, 0.3) is 0 Å². The van der Waals surface area contributed by atoms with Gasteiger partial charge in [-0.25, -0.2) is 0 Å². The first-order valence-electron chi connectivity index (χ1n) is 5.35. The number of halogens is 3. The van der Waals surface area contributed by atoms with E-state index in [4.69, 9.17) is 16.3 Å². The molecule has 1 unspecified atom stereocenters. The third-order valence-corrected chi connectivity index (χ3v) is 4.53. The van der Waals surface area contributed by atoms with Crippen molar-refractivity contribution in [3.05, 3.63) is 62.2 Å². The van der Waals surface area contributed by atoms with Gasteiger partial charge in [-0.15, -0.1) is 0 Å². The van der Waals surface area contributed by atoms with E-state index < -0.39 is 0 Å². The van der Waals surface area contributed by atoms with Crippen molar-refractivity contribution >= 4 is 50.1 Å². The Morgan fingerprint density at radius 1 is 1.22 bits per heavy atom. The summed E-state index contributed by atoms with van der Waals surface area (Å²) >= 11 is 12.1. The molecule has 0 N–H and O–H groups in total. The largest absolute Gasteiger partial charge is 0.496 e. The van der Waals surface area contributed by atoms with Crippen molar-refractivity contribution in [2.45, 2.75) is 4.83 Å². The molecule has 94 valence electrons. The Bertz CT molecular complexity index is 559. The van der Waals surface area contributed by atoms with E-state index in [1.54, 1.807) is 7.11 Å². The van der Waals surface area contributed by atoms with Gasteiger partial charge in [-0.2, -0.15) is 0 Å². The van der Waals surface area contributed by atoms with Crippen LogP contribution in [0.4, 0.5) is 0 Å². The lowest BCUT2D eigenvalue weighted by atomic mass is 10.0. The number of hydrogen-bond donors (Lipinski definition) is 0. The molecule has 2 rings (SSSR count). The molecular formula is C14H11BrClIO. The maximum absolute atomic E-state index is 6.06. The molecule has 0 bridgehead atoms. The lowest BCUT2D eigenvalue weighted by Crippen LogP contribution is -1.97. The number of ether oxygens (including phenoxy) is 1. The predicted octanol–water partition coefficient (Wildman–Crippen LogP) is 5.44. The summed E-state index contributed by atoms with van der Waals surface area (Å²) in [6.07, 6.45) is 0. The molecule has 0 aliphatic carbocycles. The summed E-state index contributed by atoms with van der Waals surface area (Å²) < 4.78 is 6.59. The van der Waals surface area contributed by atoms with Gasteiger partial charge in [0, 0.05) is 14.2 Å². The molecule has 0 fully saturated rings. The van der Waals surface area contributed by atoms with Crippen molar-refractivity contribution in [1.29, 1.82) is 0 Å². The van der Waals surface area contributed by atoms with E-state index in [9.17, 15) is 0 Å². The summed E-state index contributed by atoms with van der Waals surface area (Å²) in [7, 11) is 1.67. The Morgan fingerprint density at radius 3 is 2.67 bits per heavy atom. The van der Waals surface area contributed by atoms with Gasteiger partial charge in [-0.1, -0.05) is 39.7 Å². The zero-order valence-corrected chi connectivity index (χ0v) is 14.2. The van der Waals surface area contributed by atoms with Crippen LogP contribution >= 0.6 is 50.1 Å². The summed E-state index contributed by atoms with van der Waals surface area (Å²) in [5.74, 6) is 0.833. The number of methoxy groups -OCH3 is 1. The number of hydrogen-bond acceptors (Lipinski definition) is 1. The maximum Gasteiger partial charge on any atom is 0.123 e. The predicted molar refractivity (Wildman–Crippen MR) is 87.9 cm³/mol. The molecule has 0 heterocycles. The zero-order valence-electron chi connectivity index (χ0n) is 9.66. The third-order valence-electron chi connectivity index (χ3n) is 2.61. The Kier molecular flexibility index (Phi) is 4.92. The van der Waals surface area contributed by atoms with Crippen molar-refractivity contribution in [2.24, 2.45) is 0 Å². The molecular weight excluding hydrogens is 426 g/mol. The summed E-state index contributed by atoms with van der Waals surface area (Å²) in [6, 6.07) is 14.0. The summed E-state index contributed by atoms with van der Waals surface area (Å²) in [5, 5.41) is 0.709. The van der Waals surface area contributed by atoms with Crippen LogP contribution in [0.15, 0.2) is 42.5 Å². The fourth-order valence-electron chi connectivity index (χ4n) is 1.75. The minimum atomic E-state index is 0.0702. The van der Waals surface area contributed by atoms with Crippen LogP contribution in [0.3, 0.4) is 0 Å². The van der Waals surface area contributed by atoms with Gasteiger partial charge in [-0.3, -0.25) is 0 Å². The smallest absolute Gasteiger partial charge is 0.123 e. The molecule has 1 atom stereocenters. The van der Waals surface area contributed by atoms with Gasteiger partial charge in [0.1, 0.15) is 5.75 Å². The van der Waals surface area contributed by atoms with Crippen molar-refractivity contribution in [3.63, 3.8) is 0 Å². The summed E-state index contributed by atoms with van der Waals surface area (Å²) in [4.78, 5) is 0.0702. The highest BCUT2D eigenvalue weighted by Gasteiger charge is 2.15. The molecule has 0 saturated heterocycles. The van der Waals surface area contributed by atoms with Gasteiger partial charge in [-0.05, 0) is 58.5 Å². The summed E-state index contributed by atoms with van der Waals surface area (Å²) in [5.41, 5.74) is 2.22. The van der Waals surface area contributed by atoms with E-state index >= 15 is 0 Å². The van der Waals surface area contributed by atoms with Crippen LogP contribution in [0.1, 0.15) is 16.0 Å². The molecule has 0 radical (unpaired) electrons. The summed E-state index contributed by atoms with van der Waals surface area (Å²) in [6.45, 7) is 0. The van der Waals surface area contributed by atoms with E-state index in [2.05, 4.69) is 56.7 Å². The van der Waals surface area contributed by atoms with Crippen LogP contribution < -0.4 is 4.74 Å². The minimum Gasteiger partial charge on any atom is -0.496 e. The average molecular weight is 438 g/mol. The van der Waals surface area contributed by atoms with Gasteiger partial charge in [0.2, 0.25) is 0 Å². The molecule has 0 amide bonds. The minimum absolute atomic E-state index is 0.0702. The Balaban J connectivity index is 2.44. The highest BCUT2D eigenvalue weighted by molar-refractivity contribution is 14.1. The normalized spacial score (nSPS) is 12.2. The first-order valence-corrected chi connectivity index (χ1v) is 7.72.